The first-order valence-corrected chi connectivity index (χ1v) is 4.37. The molecule has 2 heterocycles. The molecule has 0 radical (unpaired) electrons. The number of carboxylic acid groups (broad SMARTS) is 1. The molecule has 0 amide bonds. The zero-order chi connectivity index (χ0) is 11.0. The van der Waals surface area contributed by atoms with E-state index in [9.17, 15) is 4.79 Å². The topological polar surface area (TPSA) is 93.5 Å². The van der Waals surface area contributed by atoms with E-state index in [1.807, 2.05) is 6.92 Å². The third-order valence-corrected chi connectivity index (χ3v) is 2.11. The molecule has 2 aromatic heterocycles. The maximum Gasteiger partial charge on any atom is 0.326 e. The summed E-state index contributed by atoms with van der Waals surface area (Å²) in [7, 11) is 0. The van der Waals surface area contributed by atoms with Crippen molar-refractivity contribution in [3.63, 3.8) is 0 Å². The van der Waals surface area contributed by atoms with Gasteiger partial charge in [-0.05, 0) is 12.5 Å². The van der Waals surface area contributed by atoms with Gasteiger partial charge in [0, 0.05) is 12.4 Å². The molecule has 2 aromatic rings. The molecule has 0 aromatic carbocycles. The van der Waals surface area contributed by atoms with Gasteiger partial charge < -0.3 is 10.8 Å². The van der Waals surface area contributed by atoms with Crippen LogP contribution in [0.4, 0.5) is 0 Å². The number of rotatable bonds is 2. The fourth-order valence-electron chi connectivity index (χ4n) is 1.34. The fraction of sp³-hybridized carbons (Fsp3) is 0.222. The summed E-state index contributed by atoms with van der Waals surface area (Å²) in [6.45, 7) is 1.86. The minimum absolute atomic E-state index is 0.425. The van der Waals surface area contributed by atoms with E-state index < -0.39 is 12.0 Å². The number of nitrogens with zero attached hydrogens (tertiary/aromatic N) is 3. The Labute approximate surface area is 85.4 Å². The zero-order valence-corrected chi connectivity index (χ0v) is 8.08. The van der Waals surface area contributed by atoms with Gasteiger partial charge in [-0.1, -0.05) is 0 Å². The van der Waals surface area contributed by atoms with Crippen LogP contribution in [0, 0.1) is 6.92 Å². The van der Waals surface area contributed by atoms with Crippen LogP contribution in [0.3, 0.4) is 0 Å². The minimum Gasteiger partial charge on any atom is -0.480 e. The van der Waals surface area contributed by atoms with Crippen molar-refractivity contribution >= 4 is 11.7 Å². The second-order valence-corrected chi connectivity index (χ2v) is 3.30. The van der Waals surface area contributed by atoms with Crippen LogP contribution in [0.25, 0.3) is 5.78 Å². The fourth-order valence-corrected chi connectivity index (χ4v) is 1.34. The Hall–Kier alpha value is -1.95. The van der Waals surface area contributed by atoms with Gasteiger partial charge in [0.2, 0.25) is 5.78 Å². The van der Waals surface area contributed by atoms with Crippen molar-refractivity contribution < 1.29 is 9.90 Å². The number of aliphatic carboxylic acids is 1. The van der Waals surface area contributed by atoms with Gasteiger partial charge in [0.05, 0.1) is 11.9 Å². The lowest BCUT2D eigenvalue weighted by atomic mass is 10.2. The highest BCUT2D eigenvalue weighted by molar-refractivity contribution is 5.74. The Balaban J connectivity index is 2.61. The number of aryl methyl sites for hydroxylation is 1. The SMILES string of the molecule is Cc1cnc2ncc(C(N)C(=O)O)n2c1. The third kappa shape index (κ3) is 1.55. The van der Waals surface area contributed by atoms with Crippen LogP contribution in [-0.4, -0.2) is 25.4 Å². The highest BCUT2D eigenvalue weighted by atomic mass is 16.4. The van der Waals surface area contributed by atoms with Crippen molar-refractivity contribution in [1.29, 1.82) is 0 Å². The predicted molar refractivity (Wildman–Crippen MR) is 52.3 cm³/mol. The van der Waals surface area contributed by atoms with Crippen molar-refractivity contribution in [2.45, 2.75) is 13.0 Å². The molecule has 15 heavy (non-hydrogen) atoms. The van der Waals surface area contributed by atoms with E-state index in [1.165, 1.54) is 6.20 Å². The maximum absolute atomic E-state index is 10.7. The second kappa shape index (κ2) is 3.32. The number of imidazole rings is 1. The molecular weight excluding hydrogens is 196 g/mol. The van der Waals surface area contributed by atoms with E-state index in [1.54, 1.807) is 16.8 Å². The highest BCUT2D eigenvalue weighted by Gasteiger charge is 2.18. The van der Waals surface area contributed by atoms with Crippen molar-refractivity contribution in [2.24, 2.45) is 5.73 Å². The molecule has 1 atom stereocenters. The van der Waals surface area contributed by atoms with Gasteiger partial charge in [-0.25, -0.2) is 9.97 Å². The molecule has 6 nitrogen and oxygen atoms in total. The Morgan fingerprint density at radius 2 is 2.20 bits per heavy atom. The van der Waals surface area contributed by atoms with Crippen molar-refractivity contribution in [3.05, 3.63) is 29.8 Å². The smallest absolute Gasteiger partial charge is 0.326 e. The molecule has 78 valence electrons. The van der Waals surface area contributed by atoms with Crippen LogP contribution < -0.4 is 5.73 Å². The number of nitrogens with two attached hydrogens (primary N) is 1. The number of aromatic nitrogens is 3. The summed E-state index contributed by atoms with van der Waals surface area (Å²) < 4.78 is 1.59. The molecule has 0 saturated heterocycles. The van der Waals surface area contributed by atoms with Crippen molar-refractivity contribution in [1.82, 2.24) is 14.4 Å². The summed E-state index contributed by atoms with van der Waals surface area (Å²) in [5.41, 5.74) is 6.85. The molecule has 3 N–H and O–H groups in total. The first kappa shape index (κ1) is 9.60. The van der Waals surface area contributed by atoms with Crippen LogP contribution in [0.15, 0.2) is 18.6 Å². The van der Waals surface area contributed by atoms with Crippen LogP contribution in [0.2, 0.25) is 0 Å². The van der Waals surface area contributed by atoms with E-state index in [2.05, 4.69) is 9.97 Å². The number of hydrogen-bond donors (Lipinski definition) is 2. The molecule has 0 fully saturated rings. The summed E-state index contributed by atoms with van der Waals surface area (Å²) in [6, 6.07) is -1.08. The number of carbonyl (C=O) groups is 1. The lowest BCUT2D eigenvalue weighted by molar-refractivity contribution is -0.138. The zero-order valence-electron chi connectivity index (χ0n) is 8.08. The lowest BCUT2D eigenvalue weighted by Gasteiger charge is -2.05. The van der Waals surface area contributed by atoms with E-state index >= 15 is 0 Å². The second-order valence-electron chi connectivity index (χ2n) is 3.30. The summed E-state index contributed by atoms with van der Waals surface area (Å²) in [6.07, 6.45) is 4.85. The van der Waals surface area contributed by atoms with Crippen LogP contribution >= 0.6 is 0 Å². The molecule has 1 unspecified atom stereocenters. The summed E-state index contributed by atoms with van der Waals surface area (Å²) in [4.78, 5) is 18.8. The van der Waals surface area contributed by atoms with E-state index in [-0.39, 0.29) is 0 Å². The Bertz CT molecular complexity index is 520. The average Bonchev–Trinajstić information content (AvgIpc) is 2.59. The van der Waals surface area contributed by atoms with Gasteiger partial charge in [-0.15, -0.1) is 0 Å². The first-order valence-electron chi connectivity index (χ1n) is 4.37. The van der Waals surface area contributed by atoms with E-state index in [0.717, 1.165) is 5.56 Å². The number of fused-ring (bicyclic) bond motifs is 1. The van der Waals surface area contributed by atoms with Crippen LogP contribution in [-0.2, 0) is 4.79 Å². The third-order valence-electron chi connectivity index (χ3n) is 2.11. The Morgan fingerprint density at radius 1 is 1.53 bits per heavy atom. The summed E-state index contributed by atoms with van der Waals surface area (Å²) in [5, 5.41) is 8.80. The Kier molecular flexibility index (Phi) is 2.12. The van der Waals surface area contributed by atoms with Crippen LogP contribution in [0.1, 0.15) is 17.3 Å². The van der Waals surface area contributed by atoms with E-state index in [0.29, 0.717) is 11.5 Å². The molecule has 6 heteroatoms. The average molecular weight is 206 g/mol. The largest absolute Gasteiger partial charge is 0.480 e. The molecule has 0 aliphatic heterocycles. The lowest BCUT2D eigenvalue weighted by Crippen LogP contribution is -2.22. The van der Waals surface area contributed by atoms with Gasteiger partial charge in [-0.3, -0.25) is 9.20 Å². The van der Waals surface area contributed by atoms with E-state index in [4.69, 9.17) is 10.8 Å². The quantitative estimate of drug-likeness (QED) is 0.728. The monoisotopic (exact) mass is 206 g/mol. The van der Waals surface area contributed by atoms with Gasteiger partial charge in [0.1, 0.15) is 6.04 Å². The summed E-state index contributed by atoms with van der Waals surface area (Å²) >= 11 is 0. The molecule has 0 saturated carbocycles. The van der Waals surface area contributed by atoms with Gasteiger partial charge in [0.15, 0.2) is 0 Å². The first-order chi connectivity index (χ1) is 7.09. The molecular formula is C9H10N4O2. The standard InChI is InChI=1S/C9H10N4O2/c1-5-2-11-9-12-3-6(13(9)4-5)7(10)8(14)15/h2-4,7H,10H2,1H3,(H,14,15). The maximum atomic E-state index is 10.7. The minimum atomic E-state index is -1.08. The molecule has 0 aliphatic rings. The highest BCUT2D eigenvalue weighted by Crippen LogP contribution is 2.12. The molecule has 0 bridgehead atoms. The predicted octanol–water partition coefficient (Wildman–Crippen LogP) is 0.122. The van der Waals surface area contributed by atoms with Crippen molar-refractivity contribution in [3.8, 4) is 0 Å². The molecule has 0 spiro atoms. The van der Waals surface area contributed by atoms with Gasteiger partial charge in [-0.2, -0.15) is 0 Å². The summed E-state index contributed by atoms with van der Waals surface area (Å²) in [5.74, 6) is -0.634. The van der Waals surface area contributed by atoms with Gasteiger partial charge >= 0.3 is 5.97 Å². The molecule has 0 aliphatic carbocycles. The van der Waals surface area contributed by atoms with Gasteiger partial charge in [0.25, 0.3) is 0 Å². The normalized spacial score (nSPS) is 12.9. The van der Waals surface area contributed by atoms with Crippen molar-refractivity contribution in [2.75, 3.05) is 0 Å². The number of hydrogen-bond acceptors (Lipinski definition) is 4. The molecule has 2 rings (SSSR count). The Morgan fingerprint density at radius 3 is 2.87 bits per heavy atom. The van der Waals surface area contributed by atoms with Crippen LogP contribution in [0.5, 0.6) is 0 Å². The number of carboxylic acids is 1.